The van der Waals surface area contributed by atoms with Gasteiger partial charge in [-0.25, -0.2) is 0 Å². The molecule has 0 radical (unpaired) electrons. The lowest BCUT2D eigenvalue weighted by Gasteiger charge is -2.33. The zero-order valence-corrected chi connectivity index (χ0v) is 10.2. The van der Waals surface area contributed by atoms with Crippen LogP contribution in [0.2, 0.25) is 0 Å². The van der Waals surface area contributed by atoms with Crippen LogP contribution in [-0.2, 0) is 6.54 Å². The average molecular weight is 267 g/mol. The lowest BCUT2D eigenvalue weighted by molar-refractivity contribution is 0.221. The molecular formula is C12H15BrN2. The van der Waals surface area contributed by atoms with Crippen molar-refractivity contribution in [3.63, 3.8) is 0 Å². The molecule has 1 aromatic carbocycles. The highest BCUT2D eigenvalue weighted by Crippen LogP contribution is 2.36. The molecule has 3 rings (SSSR count). The monoisotopic (exact) mass is 266 g/mol. The van der Waals surface area contributed by atoms with Crippen molar-refractivity contribution < 1.29 is 0 Å². The molecule has 1 atom stereocenters. The Labute approximate surface area is 98.6 Å². The van der Waals surface area contributed by atoms with E-state index >= 15 is 0 Å². The van der Waals surface area contributed by atoms with Crippen molar-refractivity contribution in [1.82, 2.24) is 4.90 Å². The number of benzene rings is 1. The van der Waals surface area contributed by atoms with Crippen molar-refractivity contribution >= 4 is 15.9 Å². The molecule has 2 aliphatic rings. The molecular weight excluding hydrogens is 252 g/mol. The first-order valence-electron chi connectivity index (χ1n) is 5.52. The van der Waals surface area contributed by atoms with Gasteiger partial charge in [-0.2, -0.15) is 0 Å². The van der Waals surface area contributed by atoms with Crippen LogP contribution in [0, 0.1) is 0 Å². The lowest BCUT2D eigenvalue weighted by atomic mass is 9.96. The molecule has 2 nitrogen and oxygen atoms in total. The van der Waals surface area contributed by atoms with E-state index in [1.807, 2.05) is 0 Å². The fourth-order valence-corrected chi connectivity index (χ4v) is 2.93. The van der Waals surface area contributed by atoms with E-state index in [-0.39, 0.29) is 6.04 Å². The Morgan fingerprint density at radius 3 is 2.87 bits per heavy atom. The molecule has 80 valence electrons. The maximum Gasteiger partial charge on any atom is 0.0428 e. The Bertz CT molecular complexity index is 387. The van der Waals surface area contributed by atoms with Crippen molar-refractivity contribution in [1.29, 1.82) is 0 Å². The van der Waals surface area contributed by atoms with Crippen LogP contribution in [0.4, 0.5) is 0 Å². The van der Waals surface area contributed by atoms with Gasteiger partial charge >= 0.3 is 0 Å². The predicted molar refractivity (Wildman–Crippen MR) is 64.5 cm³/mol. The minimum atomic E-state index is 0.187. The van der Waals surface area contributed by atoms with E-state index in [9.17, 15) is 0 Å². The van der Waals surface area contributed by atoms with Crippen LogP contribution in [0.3, 0.4) is 0 Å². The number of hydrogen-bond donors (Lipinski definition) is 1. The summed E-state index contributed by atoms with van der Waals surface area (Å²) in [6.45, 7) is 2.09. The molecule has 1 fully saturated rings. The van der Waals surface area contributed by atoms with Gasteiger partial charge in [-0.05, 0) is 30.0 Å². The Balaban J connectivity index is 1.97. The molecule has 1 aromatic rings. The topological polar surface area (TPSA) is 29.3 Å². The highest BCUT2D eigenvalue weighted by atomic mass is 79.9. The number of rotatable bonds is 1. The summed E-state index contributed by atoms with van der Waals surface area (Å²) >= 11 is 3.62. The van der Waals surface area contributed by atoms with E-state index < -0.39 is 0 Å². The highest BCUT2D eigenvalue weighted by molar-refractivity contribution is 9.10. The van der Waals surface area contributed by atoms with Crippen LogP contribution >= 0.6 is 15.9 Å². The van der Waals surface area contributed by atoms with Gasteiger partial charge in [0.2, 0.25) is 0 Å². The number of nitrogens with two attached hydrogens (primary N) is 1. The number of halogens is 1. The van der Waals surface area contributed by atoms with Gasteiger partial charge in [0, 0.05) is 29.6 Å². The molecule has 0 aromatic heterocycles. The third kappa shape index (κ3) is 1.73. The first kappa shape index (κ1) is 9.82. The Kier molecular flexibility index (Phi) is 2.34. The van der Waals surface area contributed by atoms with Crippen molar-refractivity contribution in [3.05, 3.63) is 33.8 Å². The van der Waals surface area contributed by atoms with Gasteiger partial charge in [-0.15, -0.1) is 0 Å². The van der Waals surface area contributed by atoms with Crippen molar-refractivity contribution in [2.75, 3.05) is 6.54 Å². The second kappa shape index (κ2) is 3.58. The van der Waals surface area contributed by atoms with Crippen LogP contribution in [0.25, 0.3) is 0 Å². The van der Waals surface area contributed by atoms with Crippen molar-refractivity contribution in [2.24, 2.45) is 5.73 Å². The Morgan fingerprint density at radius 2 is 2.13 bits per heavy atom. The fourth-order valence-electron chi connectivity index (χ4n) is 2.43. The van der Waals surface area contributed by atoms with E-state index in [0.717, 1.165) is 19.1 Å². The number of nitrogens with zero attached hydrogens (tertiary/aromatic N) is 1. The molecule has 0 bridgehead atoms. The van der Waals surface area contributed by atoms with E-state index in [2.05, 4.69) is 39.0 Å². The van der Waals surface area contributed by atoms with E-state index in [1.54, 1.807) is 0 Å². The molecule has 1 unspecified atom stereocenters. The maximum absolute atomic E-state index is 6.21. The van der Waals surface area contributed by atoms with Crippen LogP contribution in [0.5, 0.6) is 0 Å². The van der Waals surface area contributed by atoms with Crippen molar-refractivity contribution in [2.45, 2.75) is 31.5 Å². The van der Waals surface area contributed by atoms with E-state index in [1.165, 1.54) is 28.4 Å². The minimum absolute atomic E-state index is 0.187. The number of fused-ring (bicyclic) bond motifs is 1. The van der Waals surface area contributed by atoms with E-state index in [4.69, 9.17) is 5.73 Å². The molecule has 1 heterocycles. The van der Waals surface area contributed by atoms with Gasteiger partial charge in [-0.3, -0.25) is 4.90 Å². The van der Waals surface area contributed by atoms with Gasteiger partial charge in [0.25, 0.3) is 0 Å². The molecule has 1 aliphatic heterocycles. The second-order valence-corrected chi connectivity index (χ2v) is 5.43. The van der Waals surface area contributed by atoms with Crippen LogP contribution in [-0.4, -0.2) is 17.5 Å². The summed E-state index contributed by atoms with van der Waals surface area (Å²) in [7, 11) is 0. The summed E-state index contributed by atoms with van der Waals surface area (Å²) in [6, 6.07) is 7.34. The molecule has 1 aliphatic carbocycles. The minimum Gasteiger partial charge on any atom is -0.323 e. The van der Waals surface area contributed by atoms with Gasteiger partial charge < -0.3 is 5.73 Å². The number of hydrogen-bond acceptors (Lipinski definition) is 2. The Morgan fingerprint density at radius 1 is 1.33 bits per heavy atom. The fraction of sp³-hybridized carbons (Fsp3) is 0.500. The summed E-state index contributed by atoms with van der Waals surface area (Å²) in [5.41, 5.74) is 8.92. The van der Waals surface area contributed by atoms with Gasteiger partial charge in [0.05, 0.1) is 0 Å². The summed E-state index contributed by atoms with van der Waals surface area (Å²) in [4.78, 5) is 2.53. The Hall–Kier alpha value is -0.380. The zero-order chi connectivity index (χ0) is 10.4. The lowest BCUT2D eigenvalue weighted by Crippen LogP contribution is -2.38. The first-order chi connectivity index (χ1) is 7.25. The smallest absolute Gasteiger partial charge is 0.0428 e. The summed E-state index contributed by atoms with van der Waals surface area (Å²) < 4.78 is 1.21. The first-order valence-corrected chi connectivity index (χ1v) is 6.32. The van der Waals surface area contributed by atoms with Gasteiger partial charge in [-0.1, -0.05) is 28.1 Å². The van der Waals surface area contributed by atoms with Gasteiger partial charge in [0.1, 0.15) is 0 Å². The van der Waals surface area contributed by atoms with Crippen LogP contribution in [0.15, 0.2) is 22.7 Å². The zero-order valence-electron chi connectivity index (χ0n) is 8.62. The third-order valence-electron chi connectivity index (χ3n) is 3.41. The van der Waals surface area contributed by atoms with Crippen LogP contribution in [0.1, 0.15) is 30.0 Å². The SMILES string of the molecule is NC1CN(C2CC2)Cc2c(Br)cccc21. The maximum atomic E-state index is 6.21. The van der Waals surface area contributed by atoms with E-state index in [0.29, 0.717) is 0 Å². The summed E-state index contributed by atoms with van der Waals surface area (Å²) in [5.74, 6) is 0. The molecule has 0 saturated heterocycles. The molecule has 0 spiro atoms. The molecule has 3 heteroatoms. The third-order valence-corrected chi connectivity index (χ3v) is 4.15. The molecule has 0 amide bonds. The summed E-state index contributed by atoms with van der Waals surface area (Å²) in [5, 5.41) is 0. The molecule has 15 heavy (non-hydrogen) atoms. The molecule has 1 saturated carbocycles. The molecule has 2 N–H and O–H groups in total. The van der Waals surface area contributed by atoms with Crippen molar-refractivity contribution in [3.8, 4) is 0 Å². The van der Waals surface area contributed by atoms with Gasteiger partial charge in [0.15, 0.2) is 0 Å². The quantitative estimate of drug-likeness (QED) is 0.846. The normalized spacial score (nSPS) is 26.4. The van der Waals surface area contributed by atoms with Crippen LogP contribution < -0.4 is 5.73 Å². The largest absolute Gasteiger partial charge is 0.323 e. The highest BCUT2D eigenvalue weighted by Gasteiger charge is 2.34. The summed E-state index contributed by atoms with van der Waals surface area (Å²) in [6.07, 6.45) is 2.71. The average Bonchev–Trinajstić information content (AvgIpc) is 3.02. The standard InChI is InChI=1S/C12H15BrN2/c13-11-3-1-2-9-10(11)6-15(7-12(9)14)8-4-5-8/h1-3,8,12H,4-7,14H2. The predicted octanol–water partition coefficient (Wildman–Crippen LogP) is 2.43. The second-order valence-electron chi connectivity index (χ2n) is 4.57.